The summed E-state index contributed by atoms with van der Waals surface area (Å²) in [6, 6.07) is 4.55. The van der Waals surface area contributed by atoms with Gasteiger partial charge >= 0.3 is 5.97 Å². The Morgan fingerprint density at radius 2 is 2.13 bits per heavy atom. The van der Waals surface area contributed by atoms with Crippen molar-refractivity contribution in [3.05, 3.63) is 34.1 Å². The zero-order valence-electron chi connectivity index (χ0n) is 7.92. The van der Waals surface area contributed by atoms with E-state index in [-0.39, 0.29) is 16.5 Å². The first-order valence-corrected chi connectivity index (χ1v) is 4.89. The molecule has 0 aliphatic heterocycles. The lowest BCUT2D eigenvalue weighted by Crippen LogP contribution is -2.18. The van der Waals surface area contributed by atoms with Crippen LogP contribution in [0.4, 0.5) is 4.39 Å². The minimum atomic E-state index is -0.964. The van der Waals surface area contributed by atoms with E-state index in [4.69, 9.17) is 0 Å². The lowest BCUT2D eigenvalue weighted by Gasteiger charge is -2.02. The molecule has 0 aromatic heterocycles. The van der Waals surface area contributed by atoms with Gasteiger partial charge in [-0.1, -0.05) is 12.1 Å². The van der Waals surface area contributed by atoms with Crippen LogP contribution in [0.15, 0.2) is 22.7 Å². The molecule has 1 aromatic carbocycles. The molecule has 1 aromatic rings. The molecule has 0 N–H and O–H groups in total. The van der Waals surface area contributed by atoms with Crippen LogP contribution in [-0.2, 0) is 20.7 Å². The van der Waals surface area contributed by atoms with E-state index in [2.05, 4.69) is 20.7 Å². The van der Waals surface area contributed by atoms with Crippen LogP contribution in [0, 0.1) is 5.82 Å². The van der Waals surface area contributed by atoms with E-state index in [9.17, 15) is 14.0 Å². The molecule has 3 nitrogen and oxygen atoms in total. The number of hydrogen-bond acceptors (Lipinski definition) is 3. The van der Waals surface area contributed by atoms with Crippen LogP contribution in [0.1, 0.15) is 5.56 Å². The molecule has 15 heavy (non-hydrogen) atoms. The lowest BCUT2D eigenvalue weighted by molar-refractivity contribution is -0.151. The molecule has 0 aliphatic rings. The van der Waals surface area contributed by atoms with E-state index in [1.54, 1.807) is 6.07 Å². The summed E-state index contributed by atoms with van der Waals surface area (Å²) in [5, 5.41) is 0. The standard InChI is InChI=1S/C10H8BrFO3/c1-15-10(14)8(13)5-6-3-2-4-7(11)9(6)12/h2-4H,5H2,1H3. The second kappa shape index (κ2) is 5.02. The van der Waals surface area contributed by atoms with Gasteiger partial charge in [0.2, 0.25) is 5.78 Å². The number of rotatable bonds is 3. The predicted octanol–water partition coefficient (Wildman–Crippen LogP) is 1.87. The normalized spacial score (nSPS) is 9.80. The van der Waals surface area contributed by atoms with E-state index >= 15 is 0 Å². The van der Waals surface area contributed by atoms with Crippen LogP contribution in [-0.4, -0.2) is 18.9 Å². The first kappa shape index (κ1) is 11.8. The Bertz CT molecular complexity index is 404. The Morgan fingerprint density at radius 1 is 1.47 bits per heavy atom. The van der Waals surface area contributed by atoms with Gasteiger partial charge in [-0.2, -0.15) is 0 Å². The second-order valence-corrected chi connectivity index (χ2v) is 3.66. The van der Waals surface area contributed by atoms with E-state index in [1.165, 1.54) is 12.1 Å². The van der Waals surface area contributed by atoms with Crippen LogP contribution in [0.25, 0.3) is 0 Å². The van der Waals surface area contributed by atoms with Crippen molar-refractivity contribution < 1.29 is 18.7 Å². The van der Waals surface area contributed by atoms with Crippen LogP contribution in [0.2, 0.25) is 0 Å². The van der Waals surface area contributed by atoms with Gasteiger partial charge in [0, 0.05) is 6.42 Å². The van der Waals surface area contributed by atoms with Gasteiger partial charge in [0.1, 0.15) is 5.82 Å². The molecule has 0 spiro atoms. The smallest absolute Gasteiger partial charge is 0.374 e. The minimum Gasteiger partial charge on any atom is -0.463 e. The topological polar surface area (TPSA) is 43.4 Å². The minimum absolute atomic E-state index is 0.166. The van der Waals surface area contributed by atoms with Gasteiger partial charge in [-0.15, -0.1) is 0 Å². The highest BCUT2D eigenvalue weighted by Gasteiger charge is 2.17. The molecular weight excluding hydrogens is 267 g/mol. The number of Topliss-reactive ketones (excluding diaryl/α,β-unsaturated/α-hetero) is 1. The van der Waals surface area contributed by atoms with Gasteiger partial charge in [-0.3, -0.25) is 4.79 Å². The average Bonchev–Trinajstić information content (AvgIpc) is 2.23. The summed E-state index contributed by atoms with van der Waals surface area (Å²) in [6.07, 6.45) is -0.294. The Morgan fingerprint density at radius 3 is 2.73 bits per heavy atom. The van der Waals surface area contributed by atoms with Crippen LogP contribution in [0.5, 0.6) is 0 Å². The summed E-state index contributed by atoms with van der Waals surface area (Å²) in [5.74, 6) is -2.27. The van der Waals surface area contributed by atoms with Gasteiger partial charge in [0.15, 0.2) is 0 Å². The Hall–Kier alpha value is -1.23. The summed E-state index contributed by atoms with van der Waals surface area (Å²) < 4.78 is 17.9. The number of ketones is 1. The fraction of sp³-hybridized carbons (Fsp3) is 0.200. The Labute approximate surface area is 94.4 Å². The van der Waals surface area contributed by atoms with Crippen molar-refractivity contribution in [2.24, 2.45) is 0 Å². The van der Waals surface area contributed by atoms with Crippen molar-refractivity contribution in [1.29, 1.82) is 0 Å². The highest BCUT2D eigenvalue weighted by Crippen LogP contribution is 2.19. The van der Waals surface area contributed by atoms with Crippen LogP contribution >= 0.6 is 15.9 Å². The highest BCUT2D eigenvalue weighted by atomic mass is 79.9. The fourth-order valence-electron chi connectivity index (χ4n) is 1.04. The van der Waals surface area contributed by atoms with Crippen molar-refractivity contribution in [2.45, 2.75) is 6.42 Å². The van der Waals surface area contributed by atoms with Crippen molar-refractivity contribution in [1.82, 2.24) is 0 Å². The van der Waals surface area contributed by atoms with Gasteiger partial charge in [-0.25, -0.2) is 9.18 Å². The van der Waals surface area contributed by atoms with Crippen molar-refractivity contribution in [3.63, 3.8) is 0 Å². The largest absolute Gasteiger partial charge is 0.463 e. The van der Waals surface area contributed by atoms with Gasteiger partial charge in [0.25, 0.3) is 0 Å². The quantitative estimate of drug-likeness (QED) is 0.624. The molecular formula is C10H8BrFO3. The number of methoxy groups -OCH3 is 1. The molecule has 5 heteroatoms. The number of hydrogen-bond donors (Lipinski definition) is 0. The molecule has 0 unspecified atom stereocenters. The Balaban J connectivity index is 2.86. The zero-order chi connectivity index (χ0) is 11.4. The first-order valence-electron chi connectivity index (χ1n) is 4.10. The van der Waals surface area contributed by atoms with Crippen LogP contribution in [0.3, 0.4) is 0 Å². The first-order chi connectivity index (χ1) is 7.06. The van der Waals surface area contributed by atoms with Crippen molar-refractivity contribution >= 4 is 27.7 Å². The lowest BCUT2D eigenvalue weighted by atomic mass is 10.1. The van der Waals surface area contributed by atoms with E-state index in [1.807, 2.05) is 0 Å². The third-order valence-corrected chi connectivity index (χ3v) is 2.41. The highest BCUT2D eigenvalue weighted by molar-refractivity contribution is 9.10. The molecule has 0 amide bonds. The van der Waals surface area contributed by atoms with Crippen LogP contribution < -0.4 is 0 Å². The molecule has 0 radical (unpaired) electrons. The van der Waals surface area contributed by atoms with Gasteiger partial charge in [-0.05, 0) is 27.6 Å². The SMILES string of the molecule is COC(=O)C(=O)Cc1cccc(Br)c1F. The van der Waals surface area contributed by atoms with Gasteiger partial charge in [0.05, 0.1) is 11.6 Å². The number of carbonyl (C=O) groups is 2. The summed E-state index contributed by atoms with van der Waals surface area (Å²) in [6.45, 7) is 0. The monoisotopic (exact) mass is 274 g/mol. The molecule has 0 atom stereocenters. The third kappa shape index (κ3) is 2.86. The molecule has 0 bridgehead atoms. The maximum Gasteiger partial charge on any atom is 0.374 e. The number of esters is 1. The molecule has 0 heterocycles. The molecule has 1 rings (SSSR count). The Kier molecular flexibility index (Phi) is 3.96. The molecule has 0 fully saturated rings. The van der Waals surface area contributed by atoms with Gasteiger partial charge < -0.3 is 4.74 Å². The summed E-state index contributed by atoms with van der Waals surface area (Å²) in [4.78, 5) is 22.0. The molecule has 80 valence electrons. The zero-order valence-corrected chi connectivity index (χ0v) is 9.51. The number of halogens is 2. The average molecular weight is 275 g/mol. The third-order valence-electron chi connectivity index (χ3n) is 1.80. The summed E-state index contributed by atoms with van der Waals surface area (Å²) in [7, 11) is 1.11. The number of benzene rings is 1. The van der Waals surface area contributed by atoms with Crippen molar-refractivity contribution in [2.75, 3.05) is 7.11 Å². The second-order valence-electron chi connectivity index (χ2n) is 2.80. The molecule has 0 saturated heterocycles. The summed E-state index contributed by atoms with van der Waals surface area (Å²) in [5.41, 5.74) is 0.166. The predicted molar refractivity (Wildman–Crippen MR) is 54.8 cm³/mol. The number of carbonyl (C=O) groups excluding carboxylic acids is 2. The molecule has 0 aliphatic carbocycles. The summed E-state index contributed by atoms with van der Waals surface area (Å²) >= 11 is 2.99. The van der Waals surface area contributed by atoms with E-state index < -0.39 is 17.6 Å². The maximum atomic E-state index is 13.4. The fourth-order valence-corrected chi connectivity index (χ4v) is 1.45. The van der Waals surface area contributed by atoms with E-state index in [0.29, 0.717) is 0 Å². The molecule has 0 saturated carbocycles. The number of ether oxygens (including phenoxy) is 1. The van der Waals surface area contributed by atoms with Crippen molar-refractivity contribution in [3.8, 4) is 0 Å². The maximum absolute atomic E-state index is 13.4. The van der Waals surface area contributed by atoms with E-state index in [0.717, 1.165) is 7.11 Å².